The van der Waals surface area contributed by atoms with E-state index in [1.807, 2.05) is 73.6 Å². The van der Waals surface area contributed by atoms with E-state index in [0.29, 0.717) is 0 Å². The molecule has 0 unspecified atom stereocenters. The third-order valence-corrected chi connectivity index (χ3v) is 19.6. The minimum absolute atomic E-state index is 0. The van der Waals surface area contributed by atoms with Gasteiger partial charge in [0.2, 0.25) is 0 Å². The molecule has 6 aromatic heterocycles. The number of benzene rings is 13. The standard InChI is InChI=1S/C24H20B.3C24H16N2.Ru/c1-5-13-21(14-6-1)25(22-15-7-2-8-16-22,23-17-9-3-10-18-23)24-19-11-4-12-20-24;3*1-3-7-17(8-4-1)19-13-15-25-23-21(19)11-12-22-20(14-16-26-24(22)23)18-9-5-2-6-10-18;/h1-20H;3*1-16H;/q-1;;;;+1. The summed E-state index contributed by atoms with van der Waals surface area (Å²) in [6, 6.07) is 132. The van der Waals surface area contributed by atoms with Crippen LogP contribution in [0.3, 0.4) is 0 Å². The topological polar surface area (TPSA) is 77.3 Å². The molecule has 0 N–H and O–H groups in total. The minimum atomic E-state index is -1.22. The first-order valence-corrected chi connectivity index (χ1v) is 34.9. The van der Waals surface area contributed by atoms with Gasteiger partial charge in [-0.25, -0.2) is 0 Å². The van der Waals surface area contributed by atoms with Gasteiger partial charge >= 0.3 is 19.5 Å². The van der Waals surface area contributed by atoms with Crippen LogP contribution in [0.15, 0.2) is 413 Å². The zero-order valence-corrected chi connectivity index (χ0v) is 58.6. The van der Waals surface area contributed by atoms with E-state index in [4.69, 9.17) is 0 Å². The van der Waals surface area contributed by atoms with Gasteiger partial charge < -0.3 is 0 Å². The molecule has 0 aliphatic carbocycles. The molecule has 0 atom stereocenters. The SMILES string of the molecule is [Ru+].c1ccc(-c2ccnc3c2ccc2c(-c4ccccc4)ccnc23)cc1.c1ccc(-c2ccnc3c2ccc2c(-c4ccccc4)ccnc23)cc1.c1ccc(-c2ccnc3c2ccc2c(-c4ccccc4)ccnc23)cc1.c1ccc([B-](c2ccccc2)(c2ccccc2)c2ccccc2)cc1. The molecule has 0 aliphatic heterocycles. The zero-order valence-electron chi connectivity index (χ0n) is 56.9. The molecule has 0 aliphatic rings. The Bertz CT molecular complexity index is 5150. The Morgan fingerprint density at radius 3 is 0.423 bits per heavy atom. The van der Waals surface area contributed by atoms with E-state index in [-0.39, 0.29) is 19.5 Å². The van der Waals surface area contributed by atoms with E-state index in [1.54, 1.807) is 0 Å². The molecule has 8 heteroatoms. The van der Waals surface area contributed by atoms with E-state index in [0.717, 1.165) is 65.4 Å². The van der Waals surface area contributed by atoms with Crippen molar-refractivity contribution in [2.45, 2.75) is 0 Å². The molecule has 6 heterocycles. The van der Waals surface area contributed by atoms with Crippen LogP contribution in [0.4, 0.5) is 0 Å². The van der Waals surface area contributed by atoms with Gasteiger partial charge in [0.05, 0.1) is 33.1 Å². The van der Waals surface area contributed by atoms with Crippen molar-refractivity contribution in [1.82, 2.24) is 29.9 Å². The van der Waals surface area contributed by atoms with Gasteiger partial charge in [0.1, 0.15) is 6.15 Å². The first-order chi connectivity index (χ1) is 51.2. The molecule has 0 spiro atoms. The van der Waals surface area contributed by atoms with Crippen LogP contribution in [-0.4, -0.2) is 36.0 Å². The van der Waals surface area contributed by atoms with Gasteiger partial charge in [0.25, 0.3) is 0 Å². The molecule has 6 nitrogen and oxygen atoms in total. The van der Waals surface area contributed by atoms with E-state index in [2.05, 4.69) is 370 Å². The number of nitrogens with zero attached hydrogens (tertiary/aromatic N) is 6. The number of pyridine rings is 6. The molecule has 19 rings (SSSR count). The smallest absolute Gasteiger partial charge is 0.254 e. The molecule has 0 bridgehead atoms. The Balaban J connectivity index is 0.000000111. The Kier molecular flexibility index (Phi) is 20.1. The van der Waals surface area contributed by atoms with Crippen molar-refractivity contribution in [3.05, 3.63) is 413 Å². The molecular weight excluding hydrogens is 1350 g/mol. The van der Waals surface area contributed by atoms with Crippen LogP contribution in [-0.2, 0) is 19.5 Å². The van der Waals surface area contributed by atoms with Gasteiger partial charge in [0, 0.05) is 69.5 Å². The predicted molar refractivity (Wildman–Crippen MR) is 434 cm³/mol. The summed E-state index contributed by atoms with van der Waals surface area (Å²) >= 11 is 0. The number of rotatable bonds is 10. The van der Waals surface area contributed by atoms with Gasteiger partial charge in [-0.15, -0.1) is 0 Å². The second-order valence-corrected chi connectivity index (χ2v) is 25.4. The molecule has 0 amide bonds. The monoisotopic (exact) mass is 1420 g/mol. The molecule has 1 radical (unpaired) electrons. The Labute approximate surface area is 618 Å². The summed E-state index contributed by atoms with van der Waals surface area (Å²) in [5.41, 5.74) is 25.3. The van der Waals surface area contributed by atoms with Crippen LogP contribution in [0.1, 0.15) is 0 Å². The maximum atomic E-state index is 4.67. The maximum Gasteiger partial charge on any atom is 1.00 e. The fraction of sp³-hybridized carbons (Fsp3) is 0. The summed E-state index contributed by atoms with van der Waals surface area (Å²) in [7, 11) is 0. The largest absolute Gasteiger partial charge is 1.00 e. The molecule has 19 aromatic rings. The average molecular weight is 1420 g/mol. The molecule has 0 saturated heterocycles. The summed E-state index contributed by atoms with van der Waals surface area (Å²) < 4.78 is 0. The molecule has 13 aromatic carbocycles. The zero-order chi connectivity index (χ0) is 69.0. The second-order valence-electron chi connectivity index (χ2n) is 25.4. The summed E-state index contributed by atoms with van der Waals surface area (Å²) in [5.74, 6) is 0. The molecule has 0 saturated carbocycles. The van der Waals surface area contributed by atoms with Gasteiger partial charge in [-0.2, -0.15) is 21.9 Å². The van der Waals surface area contributed by atoms with E-state index in [9.17, 15) is 0 Å². The van der Waals surface area contributed by atoms with Crippen LogP contribution >= 0.6 is 0 Å². The summed E-state index contributed by atoms with van der Waals surface area (Å²) in [5, 5.41) is 6.77. The Morgan fingerprint density at radius 2 is 0.279 bits per heavy atom. The van der Waals surface area contributed by atoms with E-state index >= 15 is 0 Å². The third-order valence-electron chi connectivity index (χ3n) is 19.6. The summed E-state index contributed by atoms with van der Waals surface area (Å²) in [6.07, 6.45) is 10.0. The van der Waals surface area contributed by atoms with Crippen molar-refractivity contribution in [2.24, 2.45) is 0 Å². The van der Waals surface area contributed by atoms with Crippen molar-refractivity contribution in [1.29, 1.82) is 0 Å². The van der Waals surface area contributed by atoms with Crippen LogP contribution in [0, 0.1) is 0 Å². The maximum absolute atomic E-state index is 4.67. The van der Waals surface area contributed by atoms with E-state index < -0.39 is 6.15 Å². The van der Waals surface area contributed by atoms with Gasteiger partial charge in [-0.3, -0.25) is 29.9 Å². The molecule has 0 fully saturated rings. The predicted octanol–water partition coefficient (Wildman–Crippen LogP) is 21.4. The van der Waals surface area contributed by atoms with Crippen molar-refractivity contribution in [3.8, 4) is 66.8 Å². The quantitative estimate of drug-likeness (QED) is 0.100. The summed E-state index contributed by atoms with van der Waals surface area (Å²) in [4.78, 5) is 28.0. The van der Waals surface area contributed by atoms with Crippen molar-refractivity contribution < 1.29 is 19.5 Å². The number of fused-ring (bicyclic) bond motifs is 9. The van der Waals surface area contributed by atoms with Crippen molar-refractivity contribution in [3.63, 3.8) is 0 Å². The third kappa shape index (κ3) is 13.5. The Hall–Kier alpha value is -13.0. The normalized spacial score (nSPS) is 11.0. The Morgan fingerprint density at radius 1 is 0.144 bits per heavy atom. The van der Waals surface area contributed by atoms with Crippen molar-refractivity contribution in [2.75, 3.05) is 0 Å². The first kappa shape index (κ1) is 66.9. The first-order valence-electron chi connectivity index (χ1n) is 34.9. The fourth-order valence-electron chi connectivity index (χ4n) is 14.8. The summed E-state index contributed by atoms with van der Waals surface area (Å²) in [6.45, 7) is 0. The van der Waals surface area contributed by atoms with Crippen LogP contribution < -0.4 is 21.9 Å². The van der Waals surface area contributed by atoms with Crippen LogP contribution in [0.5, 0.6) is 0 Å². The van der Waals surface area contributed by atoms with Crippen LogP contribution in [0.25, 0.3) is 132 Å². The number of hydrogen-bond acceptors (Lipinski definition) is 6. The van der Waals surface area contributed by atoms with Crippen molar-refractivity contribution >= 4 is 93.4 Å². The molecule has 104 heavy (non-hydrogen) atoms. The second kappa shape index (κ2) is 31.3. The molecular formula is C96H68BN6Ru. The van der Waals surface area contributed by atoms with E-state index in [1.165, 1.54) is 88.6 Å². The number of aromatic nitrogens is 6. The van der Waals surface area contributed by atoms with Crippen LogP contribution in [0.2, 0.25) is 0 Å². The van der Waals surface area contributed by atoms with Gasteiger partial charge in [0.15, 0.2) is 0 Å². The fourth-order valence-corrected chi connectivity index (χ4v) is 14.8. The molecule has 493 valence electrons. The average Bonchev–Trinajstić information content (AvgIpc) is 0.757. The number of hydrogen-bond donors (Lipinski definition) is 0. The van der Waals surface area contributed by atoms with Gasteiger partial charge in [-0.05, 0) is 103 Å². The van der Waals surface area contributed by atoms with Gasteiger partial charge in [-0.1, -0.05) is 340 Å². The minimum Gasteiger partial charge on any atom is -0.254 e.